The highest BCUT2D eigenvalue weighted by Gasteiger charge is 2.15. The Bertz CT molecular complexity index is 531. The zero-order valence-electron chi connectivity index (χ0n) is 16.1. The van der Waals surface area contributed by atoms with E-state index in [1.165, 1.54) is 12.0 Å². The molecule has 0 fully saturated rings. The summed E-state index contributed by atoms with van der Waals surface area (Å²) >= 11 is 5.89. The van der Waals surface area contributed by atoms with E-state index in [2.05, 4.69) is 6.92 Å². The molecule has 0 saturated carbocycles. The van der Waals surface area contributed by atoms with Crippen LogP contribution in [0.3, 0.4) is 0 Å². The number of benzene rings is 1. The zero-order valence-corrected chi connectivity index (χ0v) is 16.9. The van der Waals surface area contributed by atoms with Crippen molar-refractivity contribution in [2.45, 2.75) is 65.2 Å². The summed E-state index contributed by atoms with van der Waals surface area (Å²) < 4.78 is 4.98. The minimum Gasteiger partial charge on any atom is -0.466 e. The summed E-state index contributed by atoms with van der Waals surface area (Å²) in [5, 5.41) is 0.724. The van der Waals surface area contributed by atoms with Crippen molar-refractivity contribution in [3.8, 4) is 0 Å². The van der Waals surface area contributed by atoms with Crippen LogP contribution < -0.4 is 0 Å². The van der Waals surface area contributed by atoms with Crippen molar-refractivity contribution in [3.05, 3.63) is 34.9 Å². The lowest BCUT2D eigenvalue weighted by molar-refractivity contribution is -0.144. The summed E-state index contributed by atoms with van der Waals surface area (Å²) in [6.07, 6.45) is 6.86. The van der Waals surface area contributed by atoms with Gasteiger partial charge in [0.15, 0.2) is 0 Å². The molecule has 0 saturated heterocycles. The van der Waals surface area contributed by atoms with Crippen LogP contribution in [-0.2, 0) is 20.7 Å². The molecule has 0 unspecified atom stereocenters. The van der Waals surface area contributed by atoms with Crippen LogP contribution in [0.1, 0.15) is 64.4 Å². The summed E-state index contributed by atoms with van der Waals surface area (Å²) in [6.45, 7) is 5.51. The second-order valence-electron chi connectivity index (χ2n) is 6.48. The average Bonchev–Trinajstić information content (AvgIpc) is 2.63. The standard InChI is InChI=1S/C21H32ClNO3/c1-3-5-6-7-16-23(17-15-21(25)26-4-2)20(24)10-8-9-18-11-13-19(22)14-12-18/h11-14H,3-10,15-17H2,1-2H3. The molecule has 146 valence electrons. The van der Waals surface area contributed by atoms with E-state index < -0.39 is 0 Å². The molecule has 1 amide bonds. The number of hydrogen-bond acceptors (Lipinski definition) is 3. The summed E-state index contributed by atoms with van der Waals surface area (Å²) in [5.41, 5.74) is 1.18. The lowest BCUT2D eigenvalue weighted by Gasteiger charge is -2.22. The van der Waals surface area contributed by atoms with Gasteiger partial charge in [-0.2, -0.15) is 0 Å². The van der Waals surface area contributed by atoms with E-state index in [0.717, 1.165) is 43.7 Å². The summed E-state index contributed by atoms with van der Waals surface area (Å²) in [4.78, 5) is 26.0. The van der Waals surface area contributed by atoms with Gasteiger partial charge in [0.1, 0.15) is 0 Å². The monoisotopic (exact) mass is 381 g/mol. The van der Waals surface area contributed by atoms with E-state index in [4.69, 9.17) is 16.3 Å². The van der Waals surface area contributed by atoms with Crippen molar-refractivity contribution in [1.29, 1.82) is 0 Å². The van der Waals surface area contributed by atoms with Crippen molar-refractivity contribution in [3.63, 3.8) is 0 Å². The second kappa shape index (κ2) is 13.6. The summed E-state index contributed by atoms with van der Waals surface area (Å²) in [6, 6.07) is 7.74. The molecule has 0 aliphatic heterocycles. The Kier molecular flexibility index (Phi) is 11.8. The first-order chi connectivity index (χ1) is 12.6. The Hall–Kier alpha value is -1.55. The van der Waals surface area contributed by atoms with E-state index in [1.807, 2.05) is 29.2 Å². The Morgan fingerprint density at radius 1 is 0.962 bits per heavy atom. The van der Waals surface area contributed by atoms with Crippen LogP contribution in [0.4, 0.5) is 0 Å². The molecule has 5 heteroatoms. The zero-order chi connectivity index (χ0) is 19.2. The predicted octanol–water partition coefficient (Wildman–Crippen LogP) is 5.02. The molecule has 0 radical (unpaired) electrons. The van der Waals surface area contributed by atoms with Gasteiger partial charge in [-0.3, -0.25) is 9.59 Å². The van der Waals surface area contributed by atoms with Crippen molar-refractivity contribution < 1.29 is 14.3 Å². The highest BCUT2D eigenvalue weighted by molar-refractivity contribution is 6.30. The Morgan fingerprint density at radius 3 is 2.35 bits per heavy atom. The number of amides is 1. The van der Waals surface area contributed by atoms with Gasteiger partial charge in [0.05, 0.1) is 13.0 Å². The van der Waals surface area contributed by atoms with E-state index in [0.29, 0.717) is 19.6 Å². The van der Waals surface area contributed by atoms with Gasteiger partial charge >= 0.3 is 5.97 Å². The molecule has 1 aromatic rings. The maximum Gasteiger partial charge on any atom is 0.307 e. The number of aryl methyl sites for hydroxylation is 1. The Morgan fingerprint density at radius 2 is 1.69 bits per heavy atom. The summed E-state index contributed by atoms with van der Waals surface area (Å²) in [5.74, 6) is -0.111. The number of carbonyl (C=O) groups is 2. The van der Waals surface area contributed by atoms with Gasteiger partial charge in [0.25, 0.3) is 0 Å². The van der Waals surface area contributed by atoms with Crippen LogP contribution in [0.15, 0.2) is 24.3 Å². The highest BCUT2D eigenvalue weighted by Crippen LogP contribution is 2.13. The smallest absolute Gasteiger partial charge is 0.307 e. The molecule has 1 aromatic carbocycles. The largest absolute Gasteiger partial charge is 0.466 e. The van der Waals surface area contributed by atoms with Gasteiger partial charge in [0.2, 0.25) is 5.91 Å². The molecule has 0 heterocycles. The molecule has 0 N–H and O–H groups in total. The fourth-order valence-corrected chi connectivity index (χ4v) is 2.93. The molecule has 0 atom stereocenters. The number of halogens is 1. The van der Waals surface area contributed by atoms with Crippen LogP contribution in [0.5, 0.6) is 0 Å². The first kappa shape index (κ1) is 22.5. The number of ether oxygens (including phenoxy) is 1. The van der Waals surface area contributed by atoms with E-state index in [9.17, 15) is 9.59 Å². The van der Waals surface area contributed by atoms with Gasteiger partial charge in [-0.05, 0) is 43.9 Å². The van der Waals surface area contributed by atoms with E-state index in [1.54, 1.807) is 6.92 Å². The molecule has 0 aliphatic carbocycles. The maximum atomic E-state index is 12.6. The fraction of sp³-hybridized carbons (Fsp3) is 0.619. The van der Waals surface area contributed by atoms with E-state index in [-0.39, 0.29) is 18.3 Å². The van der Waals surface area contributed by atoms with Gasteiger partial charge in [-0.1, -0.05) is 49.9 Å². The molecule has 1 rings (SSSR count). The van der Waals surface area contributed by atoms with Crippen molar-refractivity contribution in [1.82, 2.24) is 4.90 Å². The topological polar surface area (TPSA) is 46.6 Å². The molecular weight excluding hydrogens is 350 g/mol. The molecule has 0 aliphatic rings. The second-order valence-corrected chi connectivity index (χ2v) is 6.91. The number of rotatable bonds is 13. The van der Waals surface area contributed by atoms with Gasteiger partial charge in [0, 0.05) is 24.5 Å². The number of carbonyl (C=O) groups excluding carboxylic acids is 2. The normalized spacial score (nSPS) is 10.6. The lowest BCUT2D eigenvalue weighted by Crippen LogP contribution is -2.34. The first-order valence-corrected chi connectivity index (χ1v) is 10.1. The van der Waals surface area contributed by atoms with Crippen molar-refractivity contribution in [2.75, 3.05) is 19.7 Å². The predicted molar refractivity (Wildman–Crippen MR) is 106 cm³/mol. The van der Waals surface area contributed by atoms with Gasteiger partial charge < -0.3 is 9.64 Å². The van der Waals surface area contributed by atoms with E-state index >= 15 is 0 Å². The molecular formula is C21H32ClNO3. The van der Waals surface area contributed by atoms with Crippen molar-refractivity contribution in [2.24, 2.45) is 0 Å². The minimum atomic E-state index is -0.236. The third kappa shape index (κ3) is 9.81. The molecule has 0 bridgehead atoms. The van der Waals surface area contributed by atoms with Gasteiger partial charge in [-0.15, -0.1) is 0 Å². The highest BCUT2D eigenvalue weighted by atomic mass is 35.5. The minimum absolute atomic E-state index is 0.125. The molecule has 0 spiro atoms. The van der Waals surface area contributed by atoms with Crippen LogP contribution in [0, 0.1) is 0 Å². The molecule has 0 aromatic heterocycles. The van der Waals surface area contributed by atoms with Crippen LogP contribution in [-0.4, -0.2) is 36.5 Å². The van der Waals surface area contributed by atoms with Gasteiger partial charge in [-0.25, -0.2) is 0 Å². The van der Waals surface area contributed by atoms with Crippen LogP contribution in [0.2, 0.25) is 5.02 Å². The lowest BCUT2D eigenvalue weighted by atomic mass is 10.1. The number of unbranched alkanes of at least 4 members (excludes halogenated alkanes) is 3. The number of hydrogen-bond donors (Lipinski definition) is 0. The average molecular weight is 382 g/mol. The fourth-order valence-electron chi connectivity index (χ4n) is 2.80. The molecule has 26 heavy (non-hydrogen) atoms. The Labute approximate surface area is 162 Å². The quantitative estimate of drug-likeness (QED) is 0.356. The third-order valence-corrected chi connectivity index (χ3v) is 4.55. The van der Waals surface area contributed by atoms with Crippen LogP contribution in [0.25, 0.3) is 0 Å². The van der Waals surface area contributed by atoms with Crippen LogP contribution >= 0.6 is 11.6 Å². The maximum absolute atomic E-state index is 12.6. The Balaban J connectivity index is 2.44. The third-order valence-electron chi connectivity index (χ3n) is 4.29. The SMILES string of the molecule is CCCCCCN(CCC(=O)OCC)C(=O)CCCc1ccc(Cl)cc1. The number of esters is 1. The van der Waals surface area contributed by atoms with Crippen molar-refractivity contribution >= 4 is 23.5 Å². The number of nitrogens with zero attached hydrogens (tertiary/aromatic N) is 1. The summed E-state index contributed by atoms with van der Waals surface area (Å²) in [7, 11) is 0. The first-order valence-electron chi connectivity index (χ1n) is 9.74. The molecule has 4 nitrogen and oxygen atoms in total.